The molecule has 148 valence electrons. The zero-order valence-corrected chi connectivity index (χ0v) is 16.9. The van der Waals surface area contributed by atoms with E-state index in [1.165, 1.54) is 32.7 Å². The number of nitrogens with zero attached hydrogens (tertiary/aromatic N) is 2. The molecule has 29 heavy (non-hydrogen) atoms. The second-order valence-corrected chi connectivity index (χ2v) is 6.97. The Morgan fingerprint density at radius 3 is 2.38 bits per heavy atom. The summed E-state index contributed by atoms with van der Waals surface area (Å²) in [6, 6.07) is 13.0. The molecule has 7 nitrogen and oxygen atoms in total. The van der Waals surface area contributed by atoms with Crippen LogP contribution in [0.4, 0.5) is 5.82 Å². The molecule has 0 saturated carbocycles. The molecule has 0 bridgehead atoms. The van der Waals surface area contributed by atoms with E-state index in [4.69, 9.17) is 14.2 Å². The second kappa shape index (κ2) is 7.84. The van der Waals surface area contributed by atoms with E-state index in [-0.39, 0.29) is 5.91 Å². The summed E-state index contributed by atoms with van der Waals surface area (Å²) in [4.78, 5) is 18.7. The van der Waals surface area contributed by atoms with Crippen LogP contribution in [-0.2, 0) is 0 Å². The van der Waals surface area contributed by atoms with Gasteiger partial charge in [0.1, 0.15) is 17.3 Å². The first-order chi connectivity index (χ1) is 14.2. The molecule has 0 aliphatic heterocycles. The van der Waals surface area contributed by atoms with Gasteiger partial charge in [0, 0.05) is 29.3 Å². The van der Waals surface area contributed by atoms with Crippen LogP contribution in [0.3, 0.4) is 0 Å². The minimum Gasteiger partial charge on any atom is -0.496 e. The van der Waals surface area contributed by atoms with Crippen molar-refractivity contribution in [1.82, 2.24) is 9.38 Å². The molecule has 0 aliphatic carbocycles. The highest BCUT2D eigenvalue weighted by atomic mass is 32.1. The van der Waals surface area contributed by atoms with Crippen molar-refractivity contribution in [2.45, 2.75) is 0 Å². The minimum absolute atomic E-state index is 0.328. The summed E-state index contributed by atoms with van der Waals surface area (Å²) in [5, 5.41) is 4.91. The Morgan fingerprint density at radius 1 is 1.00 bits per heavy atom. The largest absolute Gasteiger partial charge is 0.496 e. The third kappa shape index (κ3) is 3.38. The van der Waals surface area contributed by atoms with E-state index in [1.807, 2.05) is 46.3 Å². The smallest absolute Gasteiger partial charge is 0.260 e. The molecule has 0 aliphatic rings. The fourth-order valence-electron chi connectivity index (χ4n) is 3.08. The number of thiazole rings is 1. The van der Waals surface area contributed by atoms with Crippen LogP contribution in [0.25, 0.3) is 16.2 Å². The highest BCUT2D eigenvalue weighted by molar-refractivity contribution is 7.15. The van der Waals surface area contributed by atoms with Gasteiger partial charge in [0.05, 0.1) is 26.9 Å². The Hall–Kier alpha value is -3.52. The fraction of sp³-hybridized carbons (Fsp3) is 0.143. The molecule has 1 amide bonds. The SMILES string of the molecule is COc1cc(OC)c(C(=O)Nc2c(-c3ccccc3)nc3sccn23)cc1OC. The quantitative estimate of drug-likeness (QED) is 0.513. The minimum atomic E-state index is -0.340. The zero-order valence-electron chi connectivity index (χ0n) is 16.1. The Bertz CT molecular complexity index is 1170. The number of anilines is 1. The lowest BCUT2D eigenvalue weighted by Gasteiger charge is -2.14. The zero-order chi connectivity index (χ0) is 20.4. The molecule has 0 spiro atoms. The maximum Gasteiger partial charge on any atom is 0.260 e. The predicted molar refractivity (Wildman–Crippen MR) is 113 cm³/mol. The van der Waals surface area contributed by atoms with Gasteiger partial charge in [0.25, 0.3) is 5.91 Å². The Kier molecular flexibility index (Phi) is 5.09. The number of ether oxygens (including phenoxy) is 3. The summed E-state index contributed by atoms with van der Waals surface area (Å²) in [7, 11) is 4.55. The van der Waals surface area contributed by atoms with E-state index in [9.17, 15) is 4.79 Å². The number of imidazole rings is 1. The second-order valence-electron chi connectivity index (χ2n) is 6.09. The number of carbonyl (C=O) groups excluding carboxylic acids is 1. The van der Waals surface area contributed by atoms with Gasteiger partial charge < -0.3 is 19.5 Å². The standard InChI is InChI=1S/C21H19N3O4S/c1-26-15-12-17(28-3)16(27-2)11-14(15)20(25)23-19-18(13-7-5-4-6-8-13)22-21-24(19)9-10-29-21/h4-12H,1-3H3,(H,23,25). The molecule has 2 heterocycles. The van der Waals surface area contributed by atoms with Gasteiger partial charge in [0.2, 0.25) is 0 Å². The van der Waals surface area contributed by atoms with Crippen LogP contribution in [0.1, 0.15) is 10.4 Å². The van der Waals surface area contributed by atoms with E-state index in [0.717, 1.165) is 10.5 Å². The van der Waals surface area contributed by atoms with Gasteiger partial charge >= 0.3 is 0 Å². The summed E-state index contributed by atoms with van der Waals surface area (Å²) >= 11 is 1.50. The lowest BCUT2D eigenvalue weighted by molar-refractivity contribution is 0.102. The molecule has 0 atom stereocenters. The molecule has 0 unspecified atom stereocenters. The van der Waals surface area contributed by atoms with Gasteiger partial charge in [0.15, 0.2) is 16.5 Å². The monoisotopic (exact) mass is 409 g/mol. The summed E-state index contributed by atoms with van der Waals surface area (Å²) in [6.45, 7) is 0. The van der Waals surface area contributed by atoms with Crippen molar-refractivity contribution in [3.05, 3.63) is 59.6 Å². The molecular formula is C21H19N3O4S. The van der Waals surface area contributed by atoms with Crippen LogP contribution in [0.5, 0.6) is 17.2 Å². The number of rotatable bonds is 6. The molecule has 4 aromatic rings. The third-order valence-corrected chi connectivity index (χ3v) is 5.25. The number of aromatic nitrogens is 2. The summed E-state index contributed by atoms with van der Waals surface area (Å²) < 4.78 is 17.9. The van der Waals surface area contributed by atoms with Crippen molar-refractivity contribution in [2.24, 2.45) is 0 Å². The first-order valence-corrected chi connectivity index (χ1v) is 9.66. The van der Waals surface area contributed by atoms with Gasteiger partial charge in [-0.15, -0.1) is 11.3 Å². The van der Waals surface area contributed by atoms with E-state index < -0.39 is 0 Å². The van der Waals surface area contributed by atoms with Crippen molar-refractivity contribution in [1.29, 1.82) is 0 Å². The molecule has 4 rings (SSSR count). The average molecular weight is 409 g/mol. The number of amides is 1. The predicted octanol–water partition coefficient (Wildman–Crippen LogP) is 4.34. The van der Waals surface area contributed by atoms with Crippen molar-refractivity contribution in [2.75, 3.05) is 26.6 Å². The Balaban J connectivity index is 1.78. The van der Waals surface area contributed by atoms with E-state index in [1.54, 1.807) is 12.1 Å². The first kappa shape index (κ1) is 18.8. The number of fused-ring (bicyclic) bond motifs is 1. The fourth-order valence-corrected chi connectivity index (χ4v) is 3.80. The van der Waals surface area contributed by atoms with Crippen molar-refractivity contribution in [3.63, 3.8) is 0 Å². The summed E-state index contributed by atoms with van der Waals surface area (Å²) in [5.41, 5.74) is 1.94. The normalized spacial score (nSPS) is 10.7. The van der Waals surface area contributed by atoms with Gasteiger partial charge in [-0.3, -0.25) is 9.20 Å². The molecule has 0 saturated heterocycles. The van der Waals surface area contributed by atoms with Crippen molar-refractivity contribution < 1.29 is 19.0 Å². The number of hydrogen-bond acceptors (Lipinski definition) is 6. The topological polar surface area (TPSA) is 74.1 Å². The van der Waals surface area contributed by atoms with Gasteiger partial charge in [-0.1, -0.05) is 30.3 Å². The molecule has 1 N–H and O–H groups in total. The average Bonchev–Trinajstić information content (AvgIpc) is 3.35. The maximum atomic E-state index is 13.2. The number of carbonyl (C=O) groups is 1. The van der Waals surface area contributed by atoms with Crippen LogP contribution in [0.2, 0.25) is 0 Å². The van der Waals surface area contributed by atoms with E-state index in [2.05, 4.69) is 10.3 Å². The van der Waals surface area contributed by atoms with Crippen molar-refractivity contribution in [3.8, 4) is 28.5 Å². The Morgan fingerprint density at radius 2 is 1.69 bits per heavy atom. The van der Waals surface area contributed by atoms with Crippen LogP contribution in [0, 0.1) is 0 Å². The molecule has 0 radical (unpaired) electrons. The highest BCUT2D eigenvalue weighted by Crippen LogP contribution is 2.36. The van der Waals surface area contributed by atoms with Gasteiger partial charge in [-0.2, -0.15) is 0 Å². The maximum absolute atomic E-state index is 13.2. The number of nitrogens with one attached hydrogen (secondary N) is 1. The van der Waals surface area contributed by atoms with Gasteiger partial charge in [-0.05, 0) is 0 Å². The lowest BCUT2D eigenvalue weighted by atomic mass is 10.1. The summed E-state index contributed by atoms with van der Waals surface area (Å²) in [6.07, 6.45) is 1.88. The molecule has 2 aromatic carbocycles. The first-order valence-electron chi connectivity index (χ1n) is 8.78. The molecule has 8 heteroatoms. The van der Waals surface area contributed by atoms with Crippen molar-refractivity contribution >= 4 is 28.0 Å². The number of methoxy groups -OCH3 is 3. The number of benzene rings is 2. The van der Waals surface area contributed by atoms with Crippen LogP contribution >= 0.6 is 11.3 Å². The highest BCUT2D eigenvalue weighted by Gasteiger charge is 2.22. The molecular weight excluding hydrogens is 390 g/mol. The molecule has 0 fully saturated rings. The molecule has 2 aromatic heterocycles. The summed E-state index contributed by atoms with van der Waals surface area (Å²) in [5.74, 6) is 1.56. The third-order valence-electron chi connectivity index (χ3n) is 4.49. The lowest BCUT2D eigenvalue weighted by Crippen LogP contribution is -2.15. The Labute approximate surface area is 171 Å². The van der Waals surface area contributed by atoms with Gasteiger partial charge in [-0.25, -0.2) is 4.98 Å². The van der Waals surface area contributed by atoms with Crippen LogP contribution in [0.15, 0.2) is 54.0 Å². The number of hydrogen-bond donors (Lipinski definition) is 1. The van der Waals surface area contributed by atoms with E-state index in [0.29, 0.717) is 34.3 Å². The van der Waals surface area contributed by atoms with E-state index >= 15 is 0 Å². The van der Waals surface area contributed by atoms with Crippen LogP contribution < -0.4 is 19.5 Å². The van der Waals surface area contributed by atoms with Crippen LogP contribution in [-0.4, -0.2) is 36.6 Å².